The van der Waals surface area contributed by atoms with Gasteiger partial charge in [0.15, 0.2) is 0 Å². The monoisotopic (exact) mass is 667 g/mol. The van der Waals surface area contributed by atoms with Gasteiger partial charge in [0.05, 0.1) is 24.1 Å². The van der Waals surface area contributed by atoms with Crippen molar-refractivity contribution in [1.82, 2.24) is 29.1 Å². The number of carbonyl (C=O) groups excluding carboxylic acids is 3. The number of hydrogen-bond acceptors (Lipinski definition) is 8. The molecule has 0 unspecified atom stereocenters. The third-order valence-corrected chi connectivity index (χ3v) is 9.99. The van der Waals surface area contributed by atoms with Gasteiger partial charge in [0.2, 0.25) is 11.8 Å². The highest BCUT2D eigenvalue weighted by molar-refractivity contribution is 7.86. The van der Waals surface area contributed by atoms with Crippen molar-refractivity contribution >= 4 is 38.8 Å². The number of fused-ring (bicyclic) bond motifs is 1. The van der Waals surface area contributed by atoms with Crippen LogP contribution in [0.4, 0.5) is 0 Å². The summed E-state index contributed by atoms with van der Waals surface area (Å²) in [6.45, 7) is 5.50. The molecule has 4 rings (SSSR count). The lowest BCUT2D eigenvalue weighted by atomic mass is 10.00. The third kappa shape index (κ3) is 10.0. The van der Waals surface area contributed by atoms with Gasteiger partial charge in [-0.05, 0) is 37.1 Å². The highest BCUT2D eigenvalue weighted by atomic mass is 32.2. The SMILES string of the molecule is CC(C)CN(C[C@@H](O)[C@H](Cc1ccccc1)NC(=O)[C@H](CC(N)=O)NC(=O)c1ccc2ccccc2n1)S(=O)(=O)N1CCN(C)CC1. The molecule has 1 aliphatic heterocycles. The first kappa shape index (κ1) is 35.9. The molecule has 47 heavy (non-hydrogen) atoms. The molecule has 3 atom stereocenters. The van der Waals surface area contributed by atoms with Crippen LogP contribution in [0.5, 0.6) is 0 Å². The van der Waals surface area contributed by atoms with Crippen LogP contribution in [-0.4, -0.2) is 114 Å². The number of primary amides is 1. The number of nitrogens with two attached hydrogens (primary N) is 1. The van der Waals surface area contributed by atoms with Crippen LogP contribution in [0.2, 0.25) is 0 Å². The molecule has 5 N–H and O–H groups in total. The molecule has 3 aromatic rings. The molecule has 1 fully saturated rings. The van der Waals surface area contributed by atoms with Crippen molar-refractivity contribution in [1.29, 1.82) is 0 Å². The zero-order chi connectivity index (χ0) is 34.1. The summed E-state index contributed by atoms with van der Waals surface area (Å²) in [5.74, 6) is -2.29. The van der Waals surface area contributed by atoms with Crippen LogP contribution >= 0.6 is 0 Å². The number of aliphatic hydroxyl groups is 1. The number of amides is 3. The number of hydrogen-bond donors (Lipinski definition) is 4. The fourth-order valence-electron chi connectivity index (χ4n) is 5.46. The molecule has 2 heterocycles. The number of aromatic nitrogens is 1. The second kappa shape index (κ2) is 16.2. The van der Waals surface area contributed by atoms with Gasteiger partial charge in [-0.25, -0.2) is 4.98 Å². The average molecular weight is 668 g/mol. The van der Waals surface area contributed by atoms with Gasteiger partial charge in [-0.3, -0.25) is 14.4 Å². The second-order valence-electron chi connectivity index (χ2n) is 12.4. The molecule has 254 valence electrons. The number of nitrogens with one attached hydrogen (secondary N) is 2. The molecule has 1 saturated heterocycles. The lowest BCUT2D eigenvalue weighted by Crippen LogP contribution is -2.58. The van der Waals surface area contributed by atoms with Crippen LogP contribution in [0.25, 0.3) is 10.9 Å². The maximum atomic E-state index is 13.8. The molecule has 1 aliphatic rings. The quantitative estimate of drug-likeness (QED) is 0.183. The fraction of sp³-hybridized carbons (Fsp3) is 0.455. The summed E-state index contributed by atoms with van der Waals surface area (Å²) in [5.41, 5.74) is 6.87. The molecular formula is C33H45N7O6S. The average Bonchev–Trinajstić information content (AvgIpc) is 3.03. The number of piperazine rings is 1. The van der Waals surface area contributed by atoms with E-state index < -0.39 is 52.5 Å². The Bertz CT molecular complexity index is 1630. The molecular weight excluding hydrogens is 622 g/mol. The molecule has 13 nitrogen and oxygen atoms in total. The van der Waals surface area contributed by atoms with Gasteiger partial charge in [-0.2, -0.15) is 17.0 Å². The van der Waals surface area contributed by atoms with Crippen molar-refractivity contribution in [2.75, 3.05) is 46.3 Å². The minimum Gasteiger partial charge on any atom is -0.390 e. The van der Waals surface area contributed by atoms with Gasteiger partial charge in [-0.15, -0.1) is 0 Å². The third-order valence-electron chi connectivity index (χ3n) is 8.02. The Morgan fingerprint density at radius 3 is 2.26 bits per heavy atom. The molecule has 3 amide bonds. The van der Waals surface area contributed by atoms with Crippen LogP contribution in [0.3, 0.4) is 0 Å². The zero-order valence-electron chi connectivity index (χ0n) is 27.1. The summed E-state index contributed by atoms with van der Waals surface area (Å²) in [6.07, 6.45) is -1.69. The Labute approximate surface area is 276 Å². The first-order valence-corrected chi connectivity index (χ1v) is 17.1. The summed E-state index contributed by atoms with van der Waals surface area (Å²) in [7, 11) is -1.99. The maximum absolute atomic E-state index is 13.8. The van der Waals surface area contributed by atoms with Crippen LogP contribution in [0, 0.1) is 5.92 Å². The Kier molecular flexibility index (Phi) is 12.4. The van der Waals surface area contributed by atoms with E-state index in [4.69, 9.17) is 5.73 Å². The number of carbonyl (C=O) groups is 3. The van der Waals surface area contributed by atoms with E-state index in [9.17, 15) is 27.9 Å². The lowest BCUT2D eigenvalue weighted by Gasteiger charge is -2.37. The lowest BCUT2D eigenvalue weighted by molar-refractivity contribution is -0.128. The number of pyridine rings is 1. The maximum Gasteiger partial charge on any atom is 0.282 e. The van der Waals surface area contributed by atoms with Gasteiger partial charge in [-0.1, -0.05) is 68.4 Å². The predicted molar refractivity (Wildman–Crippen MR) is 179 cm³/mol. The number of likely N-dealkylation sites (N-methyl/N-ethyl adjacent to an activating group) is 1. The van der Waals surface area contributed by atoms with Crippen molar-refractivity contribution in [2.45, 2.75) is 44.9 Å². The number of nitrogens with zero attached hydrogens (tertiary/aromatic N) is 4. The van der Waals surface area contributed by atoms with E-state index in [-0.39, 0.29) is 31.1 Å². The van der Waals surface area contributed by atoms with Gasteiger partial charge < -0.3 is 26.4 Å². The summed E-state index contributed by atoms with van der Waals surface area (Å²) in [6, 6.07) is 17.2. The van der Waals surface area contributed by atoms with E-state index >= 15 is 0 Å². The standard InChI is InChI=1S/C33H45N7O6S/c1-23(2)21-40(47(45,46)39-17-15-38(3)16-18-39)22-30(41)28(19-24-9-5-4-6-10-24)36-33(44)29(20-31(34)42)37-32(43)27-14-13-25-11-7-8-12-26(25)35-27/h4-14,23,28-30,41H,15-22H2,1-3H3,(H2,34,42)(H,36,44)(H,37,43)/t28-,29-,30+/m0/s1. The van der Waals surface area contributed by atoms with Gasteiger partial charge in [0.1, 0.15) is 11.7 Å². The molecule has 0 bridgehead atoms. The Morgan fingerprint density at radius 2 is 1.60 bits per heavy atom. The number of benzene rings is 2. The van der Waals surface area contributed by atoms with Crippen LogP contribution in [0.15, 0.2) is 66.7 Å². The largest absolute Gasteiger partial charge is 0.390 e. The van der Waals surface area contributed by atoms with Crippen molar-refractivity contribution < 1.29 is 27.9 Å². The van der Waals surface area contributed by atoms with E-state index in [1.54, 1.807) is 18.2 Å². The highest BCUT2D eigenvalue weighted by Gasteiger charge is 2.36. The van der Waals surface area contributed by atoms with Gasteiger partial charge in [0.25, 0.3) is 16.1 Å². The molecule has 14 heteroatoms. The first-order valence-electron chi connectivity index (χ1n) is 15.7. The molecule has 1 aromatic heterocycles. The fourth-order valence-corrected chi connectivity index (χ4v) is 7.24. The van der Waals surface area contributed by atoms with E-state index in [1.807, 2.05) is 63.4 Å². The number of aliphatic hydroxyl groups excluding tert-OH is 1. The van der Waals surface area contributed by atoms with Crippen molar-refractivity contribution in [3.8, 4) is 0 Å². The van der Waals surface area contributed by atoms with Crippen molar-refractivity contribution in [2.24, 2.45) is 11.7 Å². The van der Waals surface area contributed by atoms with Crippen LogP contribution in [0.1, 0.15) is 36.3 Å². The van der Waals surface area contributed by atoms with Crippen LogP contribution in [-0.2, 0) is 26.2 Å². The number of para-hydroxylation sites is 1. The topological polar surface area (TPSA) is 178 Å². The molecule has 0 saturated carbocycles. The molecule has 0 radical (unpaired) electrons. The minimum atomic E-state index is -3.92. The second-order valence-corrected chi connectivity index (χ2v) is 14.3. The van der Waals surface area contributed by atoms with Gasteiger partial charge >= 0.3 is 0 Å². The summed E-state index contributed by atoms with van der Waals surface area (Å²) in [5, 5.41) is 17.8. The Morgan fingerprint density at radius 1 is 0.936 bits per heavy atom. The number of rotatable bonds is 15. The molecule has 0 aliphatic carbocycles. The Hall–Kier alpha value is -3.95. The summed E-state index contributed by atoms with van der Waals surface area (Å²) >= 11 is 0. The normalized spacial score (nSPS) is 16.6. The summed E-state index contributed by atoms with van der Waals surface area (Å²) < 4.78 is 30.2. The van der Waals surface area contributed by atoms with Gasteiger partial charge in [0, 0.05) is 44.7 Å². The van der Waals surface area contributed by atoms with Crippen molar-refractivity contribution in [3.63, 3.8) is 0 Å². The first-order chi connectivity index (χ1) is 22.3. The van der Waals surface area contributed by atoms with E-state index in [1.165, 1.54) is 14.7 Å². The van der Waals surface area contributed by atoms with E-state index in [0.29, 0.717) is 31.7 Å². The van der Waals surface area contributed by atoms with E-state index in [2.05, 4.69) is 20.5 Å². The summed E-state index contributed by atoms with van der Waals surface area (Å²) in [4.78, 5) is 45.3. The predicted octanol–water partition coefficient (Wildman–Crippen LogP) is 0.747. The molecule has 2 aromatic carbocycles. The zero-order valence-corrected chi connectivity index (χ0v) is 27.9. The van der Waals surface area contributed by atoms with Crippen molar-refractivity contribution in [3.05, 3.63) is 78.0 Å². The van der Waals surface area contributed by atoms with Crippen LogP contribution < -0.4 is 16.4 Å². The highest BCUT2D eigenvalue weighted by Crippen LogP contribution is 2.17. The Balaban J connectivity index is 1.56. The molecule has 0 spiro atoms. The minimum absolute atomic E-state index is 0.0366. The smallest absolute Gasteiger partial charge is 0.282 e. The van der Waals surface area contributed by atoms with E-state index in [0.717, 1.165) is 10.9 Å².